The average Bonchev–Trinajstić information content (AvgIpc) is 3.45. The summed E-state index contributed by atoms with van der Waals surface area (Å²) in [5.41, 5.74) is 0.714. The number of carbonyl (C=O) groups is 2. The number of nitrogens with one attached hydrogen (secondary N) is 2. The van der Waals surface area contributed by atoms with Crippen LogP contribution in [-0.4, -0.2) is 57.3 Å². The molecule has 4 rings (SSSR count). The second kappa shape index (κ2) is 9.10. The second-order valence-corrected chi connectivity index (χ2v) is 8.87. The van der Waals surface area contributed by atoms with Crippen LogP contribution >= 0.6 is 0 Å². The van der Waals surface area contributed by atoms with Crippen LogP contribution in [-0.2, 0) is 30.9 Å². The summed E-state index contributed by atoms with van der Waals surface area (Å²) in [7, 11) is -3.96. The van der Waals surface area contributed by atoms with E-state index in [0.717, 1.165) is 28.6 Å². The van der Waals surface area contributed by atoms with Crippen LogP contribution in [0.4, 0.5) is 4.39 Å². The van der Waals surface area contributed by atoms with Crippen molar-refractivity contribution in [1.29, 1.82) is 0 Å². The van der Waals surface area contributed by atoms with Gasteiger partial charge in [0, 0.05) is 13.1 Å². The highest BCUT2D eigenvalue weighted by atomic mass is 32.2. The molecule has 10 nitrogen and oxygen atoms in total. The molecule has 2 aliphatic rings. The summed E-state index contributed by atoms with van der Waals surface area (Å²) in [5.74, 6) is -1.21. The SMILES string of the molecule is O=C(NCc1ccc2c(c1)OCO2)C(=O)NC[C@H]1OCCN1S(=O)(=O)c1ccc(F)cc1. The van der Waals surface area contributed by atoms with Gasteiger partial charge in [0.05, 0.1) is 18.0 Å². The van der Waals surface area contributed by atoms with Crippen molar-refractivity contribution in [2.45, 2.75) is 17.7 Å². The number of nitrogens with zero attached hydrogens (tertiary/aromatic N) is 1. The maximum Gasteiger partial charge on any atom is 0.309 e. The Bertz CT molecular complexity index is 1120. The number of halogens is 1. The van der Waals surface area contributed by atoms with Gasteiger partial charge in [-0.25, -0.2) is 12.8 Å². The molecule has 0 aliphatic carbocycles. The fourth-order valence-corrected chi connectivity index (χ4v) is 4.77. The Labute approximate surface area is 183 Å². The first-order valence-corrected chi connectivity index (χ1v) is 11.1. The first-order chi connectivity index (χ1) is 15.3. The van der Waals surface area contributed by atoms with Gasteiger partial charge in [0.15, 0.2) is 11.5 Å². The molecule has 170 valence electrons. The van der Waals surface area contributed by atoms with Crippen LogP contribution < -0.4 is 20.1 Å². The highest BCUT2D eigenvalue weighted by Crippen LogP contribution is 2.32. The van der Waals surface area contributed by atoms with E-state index >= 15 is 0 Å². The molecule has 32 heavy (non-hydrogen) atoms. The number of fused-ring (bicyclic) bond motifs is 1. The normalized spacial score (nSPS) is 17.8. The van der Waals surface area contributed by atoms with E-state index in [1.807, 2.05) is 0 Å². The molecular formula is C20H20FN3O7S. The van der Waals surface area contributed by atoms with Crippen LogP contribution in [0.2, 0.25) is 0 Å². The maximum absolute atomic E-state index is 13.1. The van der Waals surface area contributed by atoms with Crippen LogP contribution in [0.1, 0.15) is 5.56 Å². The lowest BCUT2D eigenvalue weighted by Gasteiger charge is -2.22. The minimum atomic E-state index is -3.96. The molecule has 0 aromatic heterocycles. The van der Waals surface area contributed by atoms with E-state index in [1.54, 1.807) is 18.2 Å². The summed E-state index contributed by atoms with van der Waals surface area (Å²) in [5, 5.41) is 4.86. The van der Waals surface area contributed by atoms with Gasteiger partial charge in [-0.2, -0.15) is 4.31 Å². The molecule has 0 spiro atoms. The smallest absolute Gasteiger partial charge is 0.309 e. The largest absolute Gasteiger partial charge is 0.454 e. The zero-order valence-corrected chi connectivity index (χ0v) is 17.6. The molecule has 1 atom stereocenters. The molecule has 1 fully saturated rings. The molecule has 2 amide bonds. The highest BCUT2D eigenvalue weighted by molar-refractivity contribution is 7.89. The molecule has 0 saturated carbocycles. The van der Waals surface area contributed by atoms with E-state index in [4.69, 9.17) is 14.2 Å². The fraction of sp³-hybridized carbons (Fsp3) is 0.300. The van der Waals surface area contributed by atoms with Gasteiger partial charge in [-0.3, -0.25) is 9.59 Å². The lowest BCUT2D eigenvalue weighted by atomic mass is 10.2. The van der Waals surface area contributed by atoms with Gasteiger partial charge in [0.1, 0.15) is 12.0 Å². The van der Waals surface area contributed by atoms with E-state index in [1.165, 1.54) is 0 Å². The topological polar surface area (TPSA) is 123 Å². The Balaban J connectivity index is 1.30. The average molecular weight is 465 g/mol. The number of hydrogen-bond acceptors (Lipinski definition) is 7. The van der Waals surface area contributed by atoms with Crippen molar-refractivity contribution >= 4 is 21.8 Å². The molecular weight excluding hydrogens is 445 g/mol. The molecule has 0 bridgehead atoms. The molecule has 2 heterocycles. The van der Waals surface area contributed by atoms with E-state index in [-0.39, 0.29) is 37.9 Å². The van der Waals surface area contributed by atoms with Crippen LogP contribution in [0.25, 0.3) is 0 Å². The summed E-state index contributed by atoms with van der Waals surface area (Å²) in [6, 6.07) is 9.54. The Morgan fingerprint density at radius 1 is 1.03 bits per heavy atom. The zero-order chi connectivity index (χ0) is 22.7. The predicted molar refractivity (Wildman–Crippen MR) is 107 cm³/mol. The van der Waals surface area contributed by atoms with Gasteiger partial charge in [0.25, 0.3) is 0 Å². The van der Waals surface area contributed by atoms with E-state index in [2.05, 4.69) is 10.6 Å². The summed E-state index contributed by atoms with van der Waals surface area (Å²) >= 11 is 0. The molecule has 2 aromatic rings. The predicted octanol–water partition coefficient (Wildman–Crippen LogP) is 0.334. The summed E-state index contributed by atoms with van der Waals surface area (Å²) in [6.07, 6.45) is -0.990. The monoisotopic (exact) mass is 465 g/mol. The number of hydrogen-bond donors (Lipinski definition) is 2. The minimum Gasteiger partial charge on any atom is -0.454 e. The van der Waals surface area contributed by atoms with Gasteiger partial charge in [0.2, 0.25) is 16.8 Å². The van der Waals surface area contributed by atoms with Crippen molar-refractivity contribution in [1.82, 2.24) is 14.9 Å². The Kier molecular flexibility index (Phi) is 6.26. The van der Waals surface area contributed by atoms with E-state index in [0.29, 0.717) is 17.1 Å². The quantitative estimate of drug-likeness (QED) is 0.590. The standard InChI is InChI=1S/C20H20FN3O7S/c21-14-2-4-15(5-3-14)32(27,28)24-7-8-29-18(24)11-23-20(26)19(25)22-10-13-1-6-16-17(9-13)31-12-30-16/h1-6,9,18H,7-8,10-12H2,(H,22,25)(H,23,26)/t18-/m1/s1. The Morgan fingerprint density at radius 3 is 2.53 bits per heavy atom. The molecule has 0 unspecified atom stereocenters. The van der Waals surface area contributed by atoms with Crippen LogP contribution in [0.15, 0.2) is 47.4 Å². The maximum atomic E-state index is 13.1. The Hall–Kier alpha value is -3.22. The number of ether oxygens (including phenoxy) is 3. The summed E-state index contributed by atoms with van der Waals surface area (Å²) in [6.45, 7) is 0.184. The van der Waals surface area contributed by atoms with E-state index < -0.39 is 33.9 Å². The van der Waals surface area contributed by atoms with Crippen molar-refractivity contribution in [3.63, 3.8) is 0 Å². The number of amides is 2. The van der Waals surface area contributed by atoms with Gasteiger partial charge in [-0.05, 0) is 42.0 Å². The number of benzene rings is 2. The lowest BCUT2D eigenvalue weighted by molar-refractivity contribution is -0.139. The summed E-state index contributed by atoms with van der Waals surface area (Å²) < 4.78 is 55.6. The molecule has 2 aliphatic heterocycles. The van der Waals surface area contributed by atoms with Gasteiger partial charge in [-0.15, -0.1) is 0 Å². The van der Waals surface area contributed by atoms with E-state index in [9.17, 15) is 22.4 Å². The van der Waals surface area contributed by atoms with Crippen LogP contribution in [0, 0.1) is 5.82 Å². The number of sulfonamides is 1. The van der Waals surface area contributed by atoms with Crippen molar-refractivity contribution in [3.05, 3.63) is 53.8 Å². The van der Waals surface area contributed by atoms with Gasteiger partial charge >= 0.3 is 11.8 Å². The molecule has 0 radical (unpaired) electrons. The van der Waals surface area contributed by atoms with Crippen molar-refractivity contribution in [2.24, 2.45) is 0 Å². The third kappa shape index (κ3) is 4.66. The lowest BCUT2D eigenvalue weighted by Crippen LogP contribution is -2.47. The molecule has 2 aromatic carbocycles. The number of carbonyl (C=O) groups excluding carboxylic acids is 2. The first kappa shape index (κ1) is 22.0. The van der Waals surface area contributed by atoms with Crippen LogP contribution in [0.5, 0.6) is 11.5 Å². The minimum absolute atomic E-state index is 0.0660. The van der Waals surface area contributed by atoms with Gasteiger partial charge in [-0.1, -0.05) is 6.07 Å². The fourth-order valence-electron chi connectivity index (χ4n) is 3.26. The zero-order valence-electron chi connectivity index (χ0n) is 16.7. The number of rotatable bonds is 6. The van der Waals surface area contributed by atoms with Crippen molar-refractivity contribution in [2.75, 3.05) is 26.5 Å². The summed E-state index contributed by atoms with van der Waals surface area (Å²) in [4.78, 5) is 24.1. The molecule has 2 N–H and O–H groups in total. The van der Waals surface area contributed by atoms with Crippen LogP contribution in [0.3, 0.4) is 0 Å². The third-order valence-corrected chi connectivity index (χ3v) is 6.80. The Morgan fingerprint density at radius 2 is 1.75 bits per heavy atom. The third-order valence-electron chi connectivity index (χ3n) is 4.90. The second-order valence-electron chi connectivity index (χ2n) is 6.98. The first-order valence-electron chi connectivity index (χ1n) is 9.68. The molecule has 1 saturated heterocycles. The van der Waals surface area contributed by atoms with Gasteiger partial charge < -0.3 is 24.8 Å². The van der Waals surface area contributed by atoms with Crippen molar-refractivity contribution < 1.29 is 36.6 Å². The molecule has 12 heteroatoms. The highest BCUT2D eigenvalue weighted by Gasteiger charge is 2.36. The van der Waals surface area contributed by atoms with Crippen molar-refractivity contribution in [3.8, 4) is 11.5 Å².